The normalized spacial score (nSPS) is 10.4. The van der Waals surface area contributed by atoms with Gasteiger partial charge in [-0.25, -0.2) is 4.98 Å². The quantitative estimate of drug-likeness (QED) is 0.849. The van der Waals surface area contributed by atoms with Crippen molar-refractivity contribution in [3.63, 3.8) is 0 Å². The Labute approximate surface area is 103 Å². The zero-order chi connectivity index (χ0) is 11.7. The molecule has 16 heavy (non-hydrogen) atoms. The molecule has 2 N–H and O–H groups in total. The van der Waals surface area contributed by atoms with E-state index in [2.05, 4.69) is 9.97 Å². The molecule has 0 saturated carbocycles. The number of nitrogens with two attached hydrogens (primary N) is 1. The third kappa shape index (κ3) is 1.96. The van der Waals surface area contributed by atoms with Crippen molar-refractivity contribution in [1.29, 1.82) is 0 Å². The smallest absolute Gasteiger partial charge is 0.142 e. The number of nitrogens with zero attached hydrogens (tertiary/aromatic N) is 2. The second kappa shape index (κ2) is 4.28. The molecule has 1 aromatic heterocycles. The summed E-state index contributed by atoms with van der Waals surface area (Å²) in [5.41, 5.74) is 7.73. The van der Waals surface area contributed by atoms with Gasteiger partial charge in [-0.15, -0.1) is 0 Å². The van der Waals surface area contributed by atoms with Gasteiger partial charge in [0.1, 0.15) is 5.82 Å². The van der Waals surface area contributed by atoms with Crippen LogP contribution in [0.15, 0.2) is 24.4 Å². The van der Waals surface area contributed by atoms with Crippen molar-refractivity contribution < 1.29 is 0 Å². The van der Waals surface area contributed by atoms with Crippen molar-refractivity contribution in [2.75, 3.05) is 5.73 Å². The molecule has 0 unspecified atom stereocenters. The summed E-state index contributed by atoms with van der Waals surface area (Å²) in [5, 5.41) is 0.975. The molecule has 82 valence electrons. The van der Waals surface area contributed by atoms with E-state index in [1.54, 1.807) is 6.07 Å². The Bertz CT molecular complexity index is 541. The van der Waals surface area contributed by atoms with Crippen LogP contribution in [0.25, 0.3) is 11.3 Å². The Morgan fingerprint density at radius 2 is 2.00 bits per heavy atom. The molecule has 2 rings (SSSR count). The average Bonchev–Trinajstić information content (AvgIpc) is 2.23. The topological polar surface area (TPSA) is 51.8 Å². The number of rotatable bonds is 1. The van der Waals surface area contributed by atoms with E-state index in [-0.39, 0.29) is 0 Å². The molecule has 0 saturated heterocycles. The number of hydrogen-bond donors (Lipinski definition) is 1. The standard InChI is InChI=1S/C11H9Cl2N3/c1-6-11(15-5-9(14)16-6)7-3-2-4-8(12)10(7)13/h2-5H,1H3,(H2,14,16). The molecule has 0 spiro atoms. The first-order valence-electron chi connectivity index (χ1n) is 4.63. The number of benzene rings is 1. The number of hydrogen-bond acceptors (Lipinski definition) is 3. The maximum Gasteiger partial charge on any atom is 0.142 e. The second-order valence-electron chi connectivity index (χ2n) is 3.33. The fourth-order valence-corrected chi connectivity index (χ4v) is 1.84. The van der Waals surface area contributed by atoms with Crippen molar-refractivity contribution in [3.8, 4) is 11.3 Å². The van der Waals surface area contributed by atoms with Crippen LogP contribution in [-0.2, 0) is 0 Å². The predicted octanol–water partition coefficient (Wildman–Crippen LogP) is 3.34. The van der Waals surface area contributed by atoms with Gasteiger partial charge in [0.05, 0.1) is 27.6 Å². The maximum atomic E-state index is 6.11. The summed E-state index contributed by atoms with van der Waals surface area (Å²) in [6.45, 7) is 1.83. The van der Waals surface area contributed by atoms with E-state index < -0.39 is 0 Å². The minimum atomic E-state index is 0.388. The highest BCUT2D eigenvalue weighted by molar-refractivity contribution is 6.43. The maximum absolute atomic E-state index is 6.11. The molecule has 3 nitrogen and oxygen atoms in total. The average molecular weight is 254 g/mol. The lowest BCUT2D eigenvalue weighted by Gasteiger charge is -2.07. The van der Waals surface area contributed by atoms with E-state index in [0.29, 0.717) is 21.6 Å². The minimum Gasteiger partial charge on any atom is -0.382 e. The minimum absolute atomic E-state index is 0.388. The summed E-state index contributed by atoms with van der Waals surface area (Å²) >= 11 is 12.1. The molecule has 0 fully saturated rings. The van der Waals surface area contributed by atoms with Crippen molar-refractivity contribution in [1.82, 2.24) is 9.97 Å². The molecule has 5 heteroatoms. The highest BCUT2D eigenvalue weighted by atomic mass is 35.5. The van der Waals surface area contributed by atoms with Crippen LogP contribution in [0.2, 0.25) is 10.0 Å². The molecule has 0 aliphatic heterocycles. The van der Waals surface area contributed by atoms with Gasteiger partial charge >= 0.3 is 0 Å². The van der Waals surface area contributed by atoms with Gasteiger partial charge in [-0.3, -0.25) is 4.98 Å². The van der Waals surface area contributed by atoms with Gasteiger partial charge in [0, 0.05) is 5.56 Å². The summed E-state index contributed by atoms with van der Waals surface area (Å²) < 4.78 is 0. The van der Waals surface area contributed by atoms with Crippen molar-refractivity contribution >= 4 is 29.0 Å². The highest BCUT2D eigenvalue weighted by Gasteiger charge is 2.11. The molecule has 1 heterocycles. The third-order valence-corrected chi connectivity index (χ3v) is 2.99. The first kappa shape index (κ1) is 11.2. The fourth-order valence-electron chi connectivity index (χ4n) is 1.45. The van der Waals surface area contributed by atoms with E-state index >= 15 is 0 Å². The van der Waals surface area contributed by atoms with E-state index in [0.717, 1.165) is 11.3 Å². The van der Waals surface area contributed by atoms with Crippen molar-refractivity contribution in [2.24, 2.45) is 0 Å². The van der Waals surface area contributed by atoms with E-state index in [9.17, 15) is 0 Å². The van der Waals surface area contributed by atoms with Crippen LogP contribution in [-0.4, -0.2) is 9.97 Å². The van der Waals surface area contributed by atoms with Gasteiger partial charge in [-0.2, -0.15) is 0 Å². The zero-order valence-corrected chi connectivity index (χ0v) is 10.0. The van der Waals surface area contributed by atoms with Crippen LogP contribution in [0.3, 0.4) is 0 Å². The van der Waals surface area contributed by atoms with Crippen LogP contribution in [0.1, 0.15) is 5.69 Å². The third-order valence-electron chi connectivity index (χ3n) is 2.17. The SMILES string of the molecule is Cc1nc(N)cnc1-c1cccc(Cl)c1Cl. The Morgan fingerprint density at radius 3 is 2.69 bits per heavy atom. The van der Waals surface area contributed by atoms with Gasteiger partial charge in [-0.05, 0) is 13.0 Å². The Balaban J connectivity index is 2.63. The Hall–Kier alpha value is -1.32. The van der Waals surface area contributed by atoms with Gasteiger partial charge < -0.3 is 5.73 Å². The lowest BCUT2D eigenvalue weighted by molar-refractivity contribution is 1.13. The molecular formula is C11H9Cl2N3. The molecule has 0 amide bonds. The number of nitrogen functional groups attached to an aromatic ring is 1. The van der Waals surface area contributed by atoms with Gasteiger partial charge in [-0.1, -0.05) is 35.3 Å². The van der Waals surface area contributed by atoms with E-state index in [4.69, 9.17) is 28.9 Å². The summed E-state index contributed by atoms with van der Waals surface area (Å²) in [6.07, 6.45) is 1.50. The highest BCUT2D eigenvalue weighted by Crippen LogP contribution is 2.33. The number of anilines is 1. The second-order valence-corrected chi connectivity index (χ2v) is 4.12. The van der Waals surface area contributed by atoms with Crippen LogP contribution >= 0.6 is 23.2 Å². The fraction of sp³-hybridized carbons (Fsp3) is 0.0909. The monoisotopic (exact) mass is 253 g/mol. The van der Waals surface area contributed by atoms with Crippen molar-refractivity contribution in [3.05, 3.63) is 40.1 Å². The van der Waals surface area contributed by atoms with Crippen molar-refractivity contribution in [2.45, 2.75) is 6.92 Å². The van der Waals surface area contributed by atoms with Crippen LogP contribution in [0.5, 0.6) is 0 Å². The molecular weight excluding hydrogens is 245 g/mol. The van der Waals surface area contributed by atoms with Crippen LogP contribution in [0.4, 0.5) is 5.82 Å². The zero-order valence-electron chi connectivity index (χ0n) is 8.54. The molecule has 0 bridgehead atoms. The Morgan fingerprint density at radius 1 is 1.25 bits per heavy atom. The summed E-state index contributed by atoms with van der Waals surface area (Å²) in [6, 6.07) is 5.40. The van der Waals surface area contributed by atoms with Crippen LogP contribution < -0.4 is 5.73 Å². The van der Waals surface area contributed by atoms with E-state index in [1.165, 1.54) is 6.20 Å². The molecule has 0 radical (unpaired) electrons. The van der Waals surface area contributed by atoms with Gasteiger partial charge in [0.25, 0.3) is 0 Å². The summed E-state index contributed by atoms with van der Waals surface area (Å²) in [4.78, 5) is 8.35. The molecule has 0 atom stereocenters. The predicted molar refractivity (Wildman–Crippen MR) is 66.6 cm³/mol. The molecule has 0 aliphatic rings. The van der Waals surface area contributed by atoms with Gasteiger partial charge in [0.15, 0.2) is 0 Å². The first-order valence-corrected chi connectivity index (χ1v) is 5.38. The summed E-state index contributed by atoms with van der Waals surface area (Å²) in [5.74, 6) is 0.388. The largest absolute Gasteiger partial charge is 0.382 e. The van der Waals surface area contributed by atoms with E-state index in [1.807, 2.05) is 19.1 Å². The first-order chi connectivity index (χ1) is 7.59. The lowest BCUT2D eigenvalue weighted by Crippen LogP contribution is -1.97. The molecule has 0 aliphatic carbocycles. The lowest BCUT2D eigenvalue weighted by atomic mass is 10.1. The number of aromatic nitrogens is 2. The number of halogens is 2. The molecule has 1 aromatic carbocycles. The number of aryl methyl sites for hydroxylation is 1. The van der Waals surface area contributed by atoms with Crippen LogP contribution in [0, 0.1) is 6.92 Å². The molecule has 2 aromatic rings. The van der Waals surface area contributed by atoms with Gasteiger partial charge in [0.2, 0.25) is 0 Å². The Kier molecular flexibility index (Phi) is 2.99. The summed E-state index contributed by atoms with van der Waals surface area (Å²) in [7, 11) is 0.